The molecule has 1 aromatic heterocycles. The van der Waals surface area contributed by atoms with E-state index in [0.29, 0.717) is 17.1 Å². The molecule has 2 rings (SSSR count). The number of aryl methyl sites for hydroxylation is 1. The molecule has 1 N–H and O–H groups in total. The summed E-state index contributed by atoms with van der Waals surface area (Å²) in [6.07, 6.45) is 1.68. The van der Waals surface area contributed by atoms with Gasteiger partial charge in [0.05, 0.1) is 0 Å². The Morgan fingerprint density at radius 2 is 1.95 bits per heavy atom. The standard InChI is InChI=1S/C17H15N3O/c1-12-8-9-19-16(10-12)20-13(2)15(11-18)17(21)14-6-4-3-5-7-14/h3-10H,1-2H3,(H,19,20). The Labute approximate surface area is 123 Å². The van der Waals surface area contributed by atoms with Crippen molar-refractivity contribution in [3.63, 3.8) is 0 Å². The van der Waals surface area contributed by atoms with E-state index >= 15 is 0 Å². The predicted octanol–water partition coefficient (Wildman–Crippen LogP) is 3.48. The van der Waals surface area contributed by atoms with Crippen LogP contribution in [0.25, 0.3) is 0 Å². The number of anilines is 1. The van der Waals surface area contributed by atoms with Gasteiger partial charge >= 0.3 is 0 Å². The third-order valence-electron chi connectivity index (χ3n) is 2.98. The second-order valence-corrected chi connectivity index (χ2v) is 4.65. The van der Waals surface area contributed by atoms with Gasteiger partial charge in [-0.25, -0.2) is 4.98 Å². The highest BCUT2D eigenvalue weighted by Crippen LogP contribution is 2.15. The molecule has 0 radical (unpaired) electrons. The molecule has 0 spiro atoms. The van der Waals surface area contributed by atoms with Gasteiger partial charge in [0.25, 0.3) is 0 Å². The summed E-state index contributed by atoms with van der Waals surface area (Å²) >= 11 is 0. The van der Waals surface area contributed by atoms with Crippen LogP contribution in [0.1, 0.15) is 22.8 Å². The van der Waals surface area contributed by atoms with Crippen LogP contribution in [-0.2, 0) is 0 Å². The number of allylic oxidation sites excluding steroid dienone is 2. The van der Waals surface area contributed by atoms with Crippen molar-refractivity contribution < 1.29 is 4.79 Å². The highest BCUT2D eigenvalue weighted by Gasteiger charge is 2.15. The molecule has 1 aromatic carbocycles. The smallest absolute Gasteiger partial charge is 0.205 e. The highest BCUT2D eigenvalue weighted by atomic mass is 16.1. The number of benzene rings is 1. The number of carbonyl (C=O) groups is 1. The van der Waals surface area contributed by atoms with E-state index in [1.54, 1.807) is 37.4 Å². The van der Waals surface area contributed by atoms with Gasteiger partial charge in [-0.05, 0) is 31.5 Å². The Kier molecular flexibility index (Phi) is 4.47. The van der Waals surface area contributed by atoms with Gasteiger partial charge in [-0.1, -0.05) is 30.3 Å². The third-order valence-corrected chi connectivity index (χ3v) is 2.98. The zero-order valence-corrected chi connectivity index (χ0v) is 11.9. The fraction of sp³-hybridized carbons (Fsp3) is 0.118. The number of Topliss-reactive ketones (excluding diaryl/α,β-unsaturated/α-hetero) is 1. The first-order valence-electron chi connectivity index (χ1n) is 6.52. The van der Waals surface area contributed by atoms with Crippen molar-refractivity contribution in [3.8, 4) is 6.07 Å². The zero-order chi connectivity index (χ0) is 15.2. The van der Waals surface area contributed by atoms with E-state index in [9.17, 15) is 10.1 Å². The largest absolute Gasteiger partial charge is 0.343 e. The number of rotatable bonds is 4. The maximum Gasteiger partial charge on any atom is 0.205 e. The van der Waals surface area contributed by atoms with Crippen LogP contribution in [0, 0.1) is 18.3 Å². The van der Waals surface area contributed by atoms with E-state index in [1.165, 1.54) is 0 Å². The van der Waals surface area contributed by atoms with Gasteiger partial charge in [-0.15, -0.1) is 0 Å². The molecule has 0 aliphatic carbocycles. The predicted molar refractivity (Wildman–Crippen MR) is 81.7 cm³/mol. The Morgan fingerprint density at radius 1 is 1.24 bits per heavy atom. The molecule has 0 aliphatic heterocycles. The van der Waals surface area contributed by atoms with Gasteiger partial charge in [0.2, 0.25) is 5.78 Å². The quantitative estimate of drug-likeness (QED) is 0.528. The van der Waals surface area contributed by atoms with Crippen LogP contribution in [0.3, 0.4) is 0 Å². The van der Waals surface area contributed by atoms with Crippen LogP contribution in [0.5, 0.6) is 0 Å². The van der Waals surface area contributed by atoms with Gasteiger partial charge in [0.1, 0.15) is 17.5 Å². The molecule has 0 unspecified atom stereocenters. The second-order valence-electron chi connectivity index (χ2n) is 4.65. The maximum absolute atomic E-state index is 12.3. The molecule has 0 fully saturated rings. The van der Waals surface area contributed by atoms with Crippen LogP contribution in [0.4, 0.5) is 5.82 Å². The van der Waals surface area contributed by atoms with Crippen molar-refractivity contribution in [2.24, 2.45) is 0 Å². The first-order valence-corrected chi connectivity index (χ1v) is 6.52. The van der Waals surface area contributed by atoms with Crippen molar-refractivity contribution in [1.29, 1.82) is 5.26 Å². The van der Waals surface area contributed by atoms with Crippen LogP contribution in [0.2, 0.25) is 0 Å². The molecule has 4 nitrogen and oxygen atoms in total. The second kappa shape index (κ2) is 6.49. The molecule has 0 aliphatic rings. The Balaban J connectivity index is 2.31. The number of pyridine rings is 1. The lowest BCUT2D eigenvalue weighted by Crippen LogP contribution is -2.09. The number of nitriles is 1. The SMILES string of the molecule is CC(Nc1cc(C)ccn1)=C(C#N)C(=O)c1ccccc1. The molecule has 0 saturated carbocycles. The molecule has 104 valence electrons. The van der Waals surface area contributed by atoms with Gasteiger partial charge < -0.3 is 5.32 Å². The van der Waals surface area contributed by atoms with Crippen molar-refractivity contribution in [2.75, 3.05) is 5.32 Å². The number of hydrogen-bond donors (Lipinski definition) is 1. The summed E-state index contributed by atoms with van der Waals surface area (Å²) in [5, 5.41) is 12.3. The summed E-state index contributed by atoms with van der Waals surface area (Å²) in [7, 11) is 0. The molecule has 2 aromatic rings. The molecular formula is C17H15N3O. The average Bonchev–Trinajstić information content (AvgIpc) is 2.48. The van der Waals surface area contributed by atoms with E-state index < -0.39 is 0 Å². The Hall–Kier alpha value is -2.93. The number of nitrogens with zero attached hydrogens (tertiary/aromatic N) is 2. The maximum atomic E-state index is 12.3. The number of hydrogen-bond acceptors (Lipinski definition) is 4. The van der Waals surface area contributed by atoms with Crippen molar-refractivity contribution in [2.45, 2.75) is 13.8 Å². The summed E-state index contributed by atoms with van der Waals surface area (Å²) in [6, 6.07) is 14.5. The molecule has 0 atom stereocenters. The first kappa shape index (κ1) is 14.5. The monoisotopic (exact) mass is 277 g/mol. The molecule has 0 bridgehead atoms. The van der Waals surface area contributed by atoms with Crippen LogP contribution < -0.4 is 5.32 Å². The van der Waals surface area contributed by atoms with E-state index in [1.807, 2.05) is 31.2 Å². The molecule has 0 amide bonds. The van der Waals surface area contributed by atoms with Crippen LogP contribution in [0.15, 0.2) is 59.9 Å². The van der Waals surface area contributed by atoms with E-state index in [2.05, 4.69) is 10.3 Å². The molecule has 21 heavy (non-hydrogen) atoms. The normalized spacial score (nSPS) is 11.3. The highest BCUT2D eigenvalue weighted by molar-refractivity contribution is 6.11. The fourth-order valence-electron chi connectivity index (χ4n) is 1.90. The lowest BCUT2D eigenvalue weighted by molar-refractivity contribution is 0.103. The summed E-state index contributed by atoms with van der Waals surface area (Å²) in [4.78, 5) is 16.5. The minimum Gasteiger partial charge on any atom is -0.343 e. The van der Waals surface area contributed by atoms with Gasteiger partial charge in [0.15, 0.2) is 0 Å². The summed E-state index contributed by atoms with van der Waals surface area (Å²) in [5.41, 5.74) is 2.12. The zero-order valence-electron chi connectivity index (χ0n) is 11.9. The molecular weight excluding hydrogens is 262 g/mol. The van der Waals surface area contributed by atoms with E-state index in [0.717, 1.165) is 5.56 Å². The van der Waals surface area contributed by atoms with Crippen molar-refractivity contribution >= 4 is 11.6 Å². The van der Waals surface area contributed by atoms with Gasteiger partial charge in [0, 0.05) is 17.5 Å². The topological polar surface area (TPSA) is 65.8 Å². The Bertz CT molecular complexity index is 727. The summed E-state index contributed by atoms with van der Waals surface area (Å²) in [5.74, 6) is 0.317. The average molecular weight is 277 g/mol. The fourth-order valence-corrected chi connectivity index (χ4v) is 1.90. The van der Waals surface area contributed by atoms with Crippen molar-refractivity contribution in [3.05, 3.63) is 71.1 Å². The molecule has 4 heteroatoms. The third kappa shape index (κ3) is 3.54. The minimum atomic E-state index is -0.296. The number of nitrogens with one attached hydrogen (secondary N) is 1. The van der Waals surface area contributed by atoms with Crippen LogP contribution in [-0.4, -0.2) is 10.8 Å². The van der Waals surface area contributed by atoms with E-state index in [4.69, 9.17) is 0 Å². The molecule has 0 saturated heterocycles. The summed E-state index contributed by atoms with van der Waals surface area (Å²) in [6.45, 7) is 3.65. The number of carbonyl (C=O) groups excluding carboxylic acids is 1. The lowest BCUT2D eigenvalue weighted by atomic mass is 10.0. The van der Waals surface area contributed by atoms with Gasteiger partial charge in [-0.3, -0.25) is 4.79 Å². The Morgan fingerprint density at radius 3 is 2.57 bits per heavy atom. The van der Waals surface area contributed by atoms with Crippen LogP contribution >= 0.6 is 0 Å². The summed E-state index contributed by atoms with van der Waals surface area (Å²) < 4.78 is 0. The molecule has 1 heterocycles. The first-order chi connectivity index (χ1) is 10.1. The minimum absolute atomic E-state index is 0.0875. The van der Waals surface area contributed by atoms with Gasteiger partial charge in [-0.2, -0.15) is 5.26 Å². The van der Waals surface area contributed by atoms with E-state index in [-0.39, 0.29) is 11.4 Å². The number of ketones is 1. The van der Waals surface area contributed by atoms with Crippen molar-refractivity contribution in [1.82, 2.24) is 4.98 Å². The lowest BCUT2D eigenvalue weighted by Gasteiger charge is -2.08. The number of aromatic nitrogens is 1.